The van der Waals surface area contributed by atoms with Crippen LogP contribution < -0.4 is 0 Å². The minimum absolute atomic E-state index is 0.341. The Kier molecular flexibility index (Phi) is 3.66. The van der Waals surface area contributed by atoms with Crippen LogP contribution in [0.4, 0.5) is 0 Å². The molecule has 0 aliphatic heterocycles. The molecule has 0 unspecified atom stereocenters. The third-order valence-corrected chi connectivity index (χ3v) is 3.02. The fourth-order valence-electron chi connectivity index (χ4n) is 1.51. The summed E-state index contributed by atoms with van der Waals surface area (Å²) in [5, 5.41) is 8.96. The van der Waals surface area contributed by atoms with E-state index in [4.69, 9.17) is 9.66 Å². The summed E-state index contributed by atoms with van der Waals surface area (Å²) in [5.41, 5.74) is 0.0666. The summed E-state index contributed by atoms with van der Waals surface area (Å²) in [7, 11) is -4.50. The SMILES string of the molecule is CCCc1cccc(S(=O)(=O)O)c1C(=O)O. The molecule has 0 amide bonds. The van der Waals surface area contributed by atoms with Crippen LogP contribution in [-0.2, 0) is 16.5 Å². The number of benzene rings is 1. The van der Waals surface area contributed by atoms with Gasteiger partial charge in [-0.3, -0.25) is 4.55 Å². The van der Waals surface area contributed by atoms with E-state index in [0.717, 1.165) is 6.07 Å². The van der Waals surface area contributed by atoms with Gasteiger partial charge < -0.3 is 5.11 Å². The van der Waals surface area contributed by atoms with Gasteiger partial charge in [-0.2, -0.15) is 8.42 Å². The largest absolute Gasteiger partial charge is 0.478 e. The second-order valence-corrected chi connectivity index (χ2v) is 4.71. The highest BCUT2D eigenvalue weighted by Gasteiger charge is 2.22. The number of aromatic carboxylic acids is 1. The summed E-state index contributed by atoms with van der Waals surface area (Å²) in [5.74, 6) is -1.35. The number of carbonyl (C=O) groups is 1. The van der Waals surface area contributed by atoms with Gasteiger partial charge in [0, 0.05) is 0 Å². The fourth-order valence-corrected chi connectivity index (χ4v) is 2.24. The summed E-state index contributed by atoms with van der Waals surface area (Å²) in [6.07, 6.45) is 1.14. The lowest BCUT2D eigenvalue weighted by Crippen LogP contribution is -2.11. The smallest absolute Gasteiger partial charge is 0.337 e. The van der Waals surface area contributed by atoms with Crippen molar-refractivity contribution in [3.05, 3.63) is 29.3 Å². The van der Waals surface area contributed by atoms with Gasteiger partial charge >= 0.3 is 5.97 Å². The van der Waals surface area contributed by atoms with Gasteiger partial charge in [-0.15, -0.1) is 0 Å². The van der Waals surface area contributed by atoms with Crippen LogP contribution in [0.2, 0.25) is 0 Å². The minimum Gasteiger partial charge on any atom is -0.478 e. The Balaban J connectivity index is 3.51. The van der Waals surface area contributed by atoms with Crippen LogP contribution in [0.1, 0.15) is 29.3 Å². The fraction of sp³-hybridized carbons (Fsp3) is 0.300. The maximum absolute atomic E-state index is 11.0. The maximum Gasteiger partial charge on any atom is 0.337 e. The molecule has 88 valence electrons. The molecule has 0 aliphatic rings. The summed E-state index contributed by atoms with van der Waals surface area (Å²) in [4.78, 5) is 10.4. The van der Waals surface area contributed by atoms with Gasteiger partial charge in [0.15, 0.2) is 0 Å². The third-order valence-electron chi connectivity index (χ3n) is 2.12. The molecular formula is C10H12O5S. The van der Waals surface area contributed by atoms with Crippen LogP contribution in [0.3, 0.4) is 0 Å². The first-order valence-electron chi connectivity index (χ1n) is 4.70. The minimum atomic E-state index is -4.50. The molecule has 0 heterocycles. The van der Waals surface area contributed by atoms with Crippen LogP contribution >= 0.6 is 0 Å². The second-order valence-electron chi connectivity index (χ2n) is 3.32. The molecule has 5 nitrogen and oxygen atoms in total. The Labute approximate surface area is 93.5 Å². The molecule has 0 atom stereocenters. The maximum atomic E-state index is 11.0. The monoisotopic (exact) mass is 244 g/mol. The molecule has 0 saturated carbocycles. The highest BCUT2D eigenvalue weighted by atomic mass is 32.2. The van der Waals surface area contributed by atoms with Crippen molar-refractivity contribution in [2.24, 2.45) is 0 Å². The Bertz CT molecular complexity index is 504. The van der Waals surface area contributed by atoms with Crippen LogP contribution in [0.25, 0.3) is 0 Å². The quantitative estimate of drug-likeness (QED) is 0.784. The lowest BCUT2D eigenvalue weighted by Gasteiger charge is -2.08. The van der Waals surface area contributed by atoms with Gasteiger partial charge in [-0.05, 0) is 18.1 Å². The average Bonchev–Trinajstić information content (AvgIpc) is 2.16. The molecule has 1 aromatic carbocycles. The van der Waals surface area contributed by atoms with Crippen molar-refractivity contribution < 1.29 is 22.9 Å². The molecular weight excluding hydrogens is 232 g/mol. The Morgan fingerprint density at radius 2 is 2.00 bits per heavy atom. The third kappa shape index (κ3) is 2.59. The van der Waals surface area contributed by atoms with Gasteiger partial charge in [-0.1, -0.05) is 25.5 Å². The summed E-state index contributed by atoms with van der Waals surface area (Å²) >= 11 is 0. The normalized spacial score (nSPS) is 11.4. The molecule has 0 fully saturated rings. The molecule has 0 spiro atoms. The summed E-state index contributed by atoms with van der Waals surface area (Å²) in [6.45, 7) is 1.85. The van der Waals surface area contributed by atoms with Crippen molar-refractivity contribution >= 4 is 16.1 Å². The van der Waals surface area contributed by atoms with Crippen molar-refractivity contribution in [2.45, 2.75) is 24.7 Å². The number of hydrogen-bond acceptors (Lipinski definition) is 3. The Morgan fingerprint density at radius 1 is 1.38 bits per heavy atom. The Hall–Kier alpha value is -1.40. The molecule has 0 bridgehead atoms. The zero-order valence-electron chi connectivity index (χ0n) is 8.67. The Morgan fingerprint density at radius 3 is 2.44 bits per heavy atom. The van der Waals surface area contributed by atoms with E-state index in [9.17, 15) is 13.2 Å². The van der Waals surface area contributed by atoms with Crippen molar-refractivity contribution in [2.75, 3.05) is 0 Å². The van der Waals surface area contributed by atoms with E-state index in [-0.39, 0.29) is 5.56 Å². The van der Waals surface area contributed by atoms with Gasteiger partial charge in [0.25, 0.3) is 10.1 Å². The number of rotatable bonds is 4. The number of carboxylic acid groups (broad SMARTS) is 1. The van der Waals surface area contributed by atoms with Gasteiger partial charge in [0.05, 0.1) is 5.56 Å². The molecule has 1 aromatic rings. The van der Waals surface area contributed by atoms with Gasteiger partial charge in [0.2, 0.25) is 0 Å². The van der Waals surface area contributed by atoms with Crippen molar-refractivity contribution in [3.8, 4) is 0 Å². The molecule has 0 aliphatic carbocycles. The topological polar surface area (TPSA) is 91.7 Å². The van der Waals surface area contributed by atoms with E-state index in [2.05, 4.69) is 0 Å². The summed E-state index contributed by atoms with van der Waals surface area (Å²) < 4.78 is 30.9. The molecule has 1 rings (SSSR count). The van der Waals surface area contributed by atoms with Crippen LogP contribution in [-0.4, -0.2) is 24.0 Å². The zero-order valence-corrected chi connectivity index (χ0v) is 9.49. The van der Waals surface area contributed by atoms with E-state index in [1.807, 2.05) is 6.92 Å². The lowest BCUT2D eigenvalue weighted by atomic mass is 10.0. The molecule has 16 heavy (non-hydrogen) atoms. The van der Waals surface area contributed by atoms with Crippen LogP contribution in [0, 0.1) is 0 Å². The molecule has 0 radical (unpaired) electrons. The molecule has 6 heteroatoms. The standard InChI is InChI=1S/C10H12O5S/c1-2-4-7-5-3-6-8(16(13,14)15)9(7)10(11)12/h3,5-6H,2,4H2,1H3,(H,11,12)(H,13,14,15). The van der Waals surface area contributed by atoms with Crippen LogP contribution in [0.5, 0.6) is 0 Å². The average molecular weight is 244 g/mol. The van der Waals surface area contributed by atoms with E-state index < -0.39 is 21.0 Å². The van der Waals surface area contributed by atoms with Gasteiger partial charge in [0.1, 0.15) is 4.90 Å². The lowest BCUT2D eigenvalue weighted by molar-refractivity contribution is 0.0691. The van der Waals surface area contributed by atoms with E-state index >= 15 is 0 Å². The highest BCUT2D eigenvalue weighted by Crippen LogP contribution is 2.21. The van der Waals surface area contributed by atoms with Crippen molar-refractivity contribution in [1.82, 2.24) is 0 Å². The second kappa shape index (κ2) is 4.63. The predicted octanol–water partition coefficient (Wildman–Crippen LogP) is 1.58. The van der Waals surface area contributed by atoms with Crippen molar-refractivity contribution in [1.29, 1.82) is 0 Å². The van der Waals surface area contributed by atoms with E-state index in [1.54, 1.807) is 6.07 Å². The zero-order chi connectivity index (χ0) is 12.3. The first kappa shape index (κ1) is 12.7. The van der Waals surface area contributed by atoms with Crippen molar-refractivity contribution in [3.63, 3.8) is 0 Å². The first-order chi connectivity index (χ1) is 7.38. The molecule has 2 N–H and O–H groups in total. The van der Waals surface area contributed by atoms with Gasteiger partial charge in [-0.25, -0.2) is 4.79 Å². The molecule has 0 saturated heterocycles. The van der Waals surface area contributed by atoms with Crippen LogP contribution in [0.15, 0.2) is 23.1 Å². The van der Waals surface area contributed by atoms with E-state index in [0.29, 0.717) is 18.4 Å². The number of carboxylic acids is 1. The van der Waals surface area contributed by atoms with E-state index in [1.165, 1.54) is 6.07 Å². The molecule has 0 aromatic heterocycles. The highest BCUT2D eigenvalue weighted by molar-refractivity contribution is 7.86. The first-order valence-corrected chi connectivity index (χ1v) is 6.14. The summed E-state index contributed by atoms with van der Waals surface area (Å²) in [6, 6.07) is 4.04. The predicted molar refractivity (Wildman–Crippen MR) is 57.2 cm³/mol. The number of hydrogen-bond donors (Lipinski definition) is 2. The number of aryl methyl sites for hydroxylation is 1.